The maximum atomic E-state index is 12.9. The average molecular weight is 295 g/mol. The van der Waals surface area contributed by atoms with Crippen LogP contribution in [-0.4, -0.2) is 42.7 Å². The number of ether oxygens (including phenoxy) is 2. The Hall–Kier alpha value is -1.46. The van der Waals surface area contributed by atoms with Gasteiger partial charge in [0.2, 0.25) is 5.91 Å². The van der Waals surface area contributed by atoms with E-state index in [0.29, 0.717) is 19.7 Å². The Morgan fingerprint density at radius 3 is 2.67 bits per heavy atom. The van der Waals surface area contributed by atoms with Gasteiger partial charge in [0, 0.05) is 6.54 Å². The van der Waals surface area contributed by atoms with E-state index in [1.165, 1.54) is 12.1 Å². The van der Waals surface area contributed by atoms with Crippen LogP contribution in [-0.2, 0) is 14.3 Å². The van der Waals surface area contributed by atoms with Gasteiger partial charge >= 0.3 is 0 Å². The Balaban J connectivity index is 1.94. The van der Waals surface area contributed by atoms with E-state index in [1.54, 1.807) is 17.0 Å². The molecule has 1 fully saturated rings. The highest BCUT2D eigenvalue weighted by molar-refractivity contribution is 5.77. The van der Waals surface area contributed by atoms with Gasteiger partial charge in [0.25, 0.3) is 0 Å². The SMILES string of the molecule is CC(C)(C)OCC(=O)N1CCOC(c2ccc(F)cc2)C1. The molecule has 1 amide bonds. The fraction of sp³-hybridized carbons (Fsp3) is 0.562. The van der Waals surface area contributed by atoms with Crippen molar-refractivity contribution in [1.82, 2.24) is 4.90 Å². The molecule has 0 saturated carbocycles. The van der Waals surface area contributed by atoms with E-state index in [1.807, 2.05) is 20.8 Å². The molecule has 0 N–H and O–H groups in total. The molecule has 0 spiro atoms. The largest absolute Gasteiger partial charge is 0.370 e. The van der Waals surface area contributed by atoms with Crippen molar-refractivity contribution < 1.29 is 18.7 Å². The highest BCUT2D eigenvalue weighted by Gasteiger charge is 2.26. The van der Waals surface area contributed by atoms with Crippen molar-refractivity contribution in [1.29, 1.82) is 0 Å². The standard InChI is InChI=1S/C16H22FNO3/c1-16(2,3)21-11-15(19)18-8-9-20-14(10-18)12-4-6-13(17)7-5-12/h4-7,14H,8-11H2,1-3H3. The van der Waals surface area contributed by atoms with Crippen molar-refractivity contribution in [2.75, 3.05) is 26.3 Å². The van der Waals surface area contributed by atoms with Crippen molar-refractivity contribution in [3.05, 3.63) is 35.6 Å². The second-order valence-corrected chi connectivity index (χ2v) is 6.15. The van der Waals surface area contributed by atoms with Crippen molar-refractivity contribution in [2.24, 2.45) is 0 Å². The highest BCUT2D eigenvalue weighted by Crippen LogP contribution is 2.22. The number of rotatable bonds is 3. The molecule has 5 heteroatoms. The van der Waals surface area contributed by atoms with Gasteiger partial charge in [-0.1, -0.05) is 12.1 Å². The molecule has 1 atom stereocenters. The molecule has 1 heterocycles. The molecule has 1 aromatic rings. The quantitative estimate of drug-likeness (QED) is 0.860. The summed E-state index contributed by atoms with van der Waals surface area (Å²) >= 11 is 0. The summed E-state index contributed by atoms with van der Waals surface area (Å²) in [6.45, 7) is 7.33. The van der Waals surface area contributed by atoms with Crippen LogP contribution < -0.4 is 0 Å². The summed E-state index contributed by atoms with van der Waals surface area (Å²) in [5, 5.41) is 0. The maximum absolute atomic E-state index is 12.9. The third-order valence-corrected chi connectivity index (χ3v) is 3.29. The molecule has 1 saturated heterocycles. The van der Waals surface area contributed by atoms with E-state index in [9.17, 15) is 9.18 Å². The lowest BCUT2D eigenvalue weighted by Crippen LogP contribution is -2.44. The first kappa shape index (κ1) is 15.9. The average Bonchev–Trinajstić information content (AvgIpc) is 2.45. The number of hydrogen-bond donors (Lipinski definition) is 0. The van der Waals surface area contributed by atoms with Gasteiger partial charge in [0.15, 0.2) is 0 Å². The van der Waals surface area contributed by atoms with Crippen molar-refractivity contribution in [3.8, 4) is 0 Å². The van der Waals surface area contributed by atoms with E-state index in [-0.39, 0.29) is 30.0 Å². The number of amides is 1. The minimum absolute atomic E-state index is 0.0414. The number of hydrogen-bond acceptors (Lipinski definition) is 3. The minimum atomic E-state index is -0.335. The zero-order valence-electron chi connectivity index (χ0n) is 12.8. The van der Waals surface area contributed by atoms with Crippen molar-refractivity contribution >= 4 is 5.91 Å². The zero-order valence-corrected chi connectivity index (χ0v) is 12.8. The summed E-state index contributed by atoms with van der Waals surface area (Å²) < 4.78 is 24.1. The molecule has 0 aliphatic carbocycles. The number of morpholine rings is 1. The summed E-state index contributed by atoms with van der Waals surface area (Å²) in [4.78, 5) is 13.9. The molecule has 1 aliphatic rings. The fourth-order valence-electron chi connectivity index (χ4n) is 2.12. The molecule has 0 radical (unpaired) electrons. The lowest BCUT2D eigenvalue weighted by atomic mass is 10.1. The Labute approximate surface area is 124 Å². The number of carbonyl (C=O) groups is 1. The van der Waals surface area contributed by atoms with E-state index in [2.05, 4.69) is 0 Å². The van der Waals surface area contributed by atoms with Gasteiger partial charge in [-0.15, -0.1) is 0 Å². The van der Waals surface area contributed by atoms with Gasteiger partial charge in [-0.3, -0.25) is 4.79 Å². The van der Waals surface area contributed by atoms with Crippen LogP contribution in [0, 0.1) is 5.82 Å². The molecular weight excluding hydrogens is 273 g/mol. The molecule has 2 rings (SSSR count). The number of halogens is 1. The van der Waals surface area contributed by atoms with Crippen LogP contribution in [0.25, 0.3) is 0 Å². The second kappa shape index (κ2) is 6.54. The molecule has 1 aromatic carbocycles. The number of carbonyl (C=O) groups excluding carboxylic acids is 1. The summed E-state index contributed by atoms with van der Waals surface area (Å²) in [6.07, 6.45) is -0.210. The zero-order chi connectivity index (χ0) is 15.5. The Morgan fingerprint density at radius 2 is 2.05 bits per heavy atom. The van der Waals surface area contributed by atoms with Crippen LogP contribution in [0.1, 0.15) is 32.4 Å². The fourth-order valence-corrected chi connectivity index (χ4v) is 2.12. The predicted octanol–water partition coefficient (Wildman–Crippen LogP) is 2.54. The van der Waals surface area contributed by atoms with E-state index in [4.69, 9.17) is 9.47 Å². The minimum Gasteiger partial charge on any atom is -0.370 e. The summed E-state index contributed by atoms with van der Waals surface area (Å²) in [6, 6.07) is 6.20. The summed E-state index contributed by atoms with van der Waals surface area (Å²) in [5.41, 5.74) is 0.545. The normalized spacial score (nSPS) is 19.6. The first-order chi connectivity index (χ1) is 9.85. The molecule has 116 valence electrons. The van der Waals surface area contributed by atoms with E-state index in [0.717, 1.165) is 5.56 Å². The molecule has 0 aromatic heterocycles. The van der Waals surface area contributed by atoms with Crippen LogP contribution >= 0.6 is 0 Å². The molecule has 1 unspecified atom stereocenters. The van der Waals surface area contributed by atoms with Gasteiger partial charge in [-0.2, -0.15) is 0 Å². The first-order valence-corrected chi connectivity index (χ1v) is 7.14. The molecule has 0 bridgehead atoms. The maximum Gasteiger partial charge on any atom is 0.248 e. The Bertz CT molecular complexity index is 481. The topological polar surface area (TPSA) is 38.8 Å². The van der Waals surface area contributed by atoms with E-state index < -0.39 is 0 Å². The Kier molecular flexibility index (Phi) is 4.96. The number of benzene rings is 1. The predicted molar refractivity (Wildman–Crippen MR) is 77.4 cm³/mol. The third kappa shape index (κ3) is 4.79. The van der Waals surface area contributed by atoms with Gasteiger partial charge in [-0.05, 0) is 38.5 Å². The summed E-state index contributed by atoms with van der Waals surface area (Å²) in [5.74, 6) is -0.318. The molecule has 21 heavy (non-hydrogen) atoms. The lowest BCUT2D eigenvalue weighted by Gasteiger charge is -2.33. The van der Waals surface area contributed by atoms with Crippen molar-refractivity contribution in [2.45, 2.75) is 32.5 Å². The van der Waals surface area contributed by atoms with Gasteiger partial charge in [-0.25, -0.2) is 4.39 Å². The lowest BCUT2D eigenvalue weighted by molar-refractivity contribution is -0.148. The van der Waals surface area contributed by atoms with Gasteiger partial charge < -0.3 is 14.4 Å². The monoisotopic (exact) mass is 295 g/mol. The van der Waals surface area contributed by atoms with Gasteiger partial charge in [0.05, 0.1) is 18.8 Å². The molecule has 4 nitrogen and oxygen atoms in total. The second-order valence-electron chi connectivity index (χ2n) is 6.15. The molecular formula is C16H22FNO3. The smallest absolute Gasteiger partial charge is 0.248 e. The highest BCUT2D eigenvalue weighted by atomic mass is 19.1. The first-order valence-electron chi connectivity index (χ1n) is 7.14. The van der Waals surface area contributed by atoms with Crippen LogP contribution in [0.4, 0.5) is 4.39 Å². The summed E-state index contributed by atoms with van der Waals surface area (Å²) in [7, 11) is 0. The third-order valence-electron chi connectivity index (χ3n) is 3.29. The van der Waals surface area contributed by atoms with Crippen LogP contribution in [0.3, 0.4) is 0 Å². The van der Waals surface area contributed by atoms with Gasteiger partial charge in [0.1, 0.15) is 18.5 Å². The van der Waals surface area contributed by atoms with Crippen LogP contribution in [0.2, 0.25) is 0 Å². The Morgan fingerprint density at radius 1 is 1.38 bits per heavy atom. The van der Waals surface area contributed by atoms with Crippen molar-refractivity contribution in [3.63, 3.8) is 0 Å². The van der Waals surface area contributed by atoms with Crippen LogP contribution in [0.15, 0.2) is 24.3 Å². The van der Waals surface area contributed by atoms with E-state index >= 15 is 0 Å². The molecule has 1 aliphatic heterocycles. The van der Waals surface area contributed by atoms with Crippen LogP contribution in [0.5, 0.6) is 0 Å². The number of nitrogens with zero attached hydrogens (tertiary/aromatic N) is 1.